The smallest absolute Gasteiger partial charge is 0.335 e. The van der Waals surface area contributed by atoms with Gasteiger partial charge in [0.15, 0.2) is 21.3 Å². The van der Waals surface area contributed by atoms with Crippen molar-refractivity contribution >= 4 is 27.4 Å². The van der Waals surface area contributed by atoms with Gasteiger partial charge in [0, 0.05) is 0 Å². The molecule has 0 aliphatic carbocycles. The summed E-state index contributed by atoms with van der Waals surface area (Å²) in [6.07, 6.45) is 0. The van der Waals surface area contributed by atoms with E-state index in [1.54, 1.807) is 13.8 Å². The summed E-state index contributed by atoms with van der Waals surface area (Å²) in [6.45, 7) is 3.08. The van der Waals surface area contributed by atoms with E-state index in [1.165, 1.54) is 19.2 Å². The predicted octanol–water partition coefficient (Wildman–Crippen LogP) is 2.25. The molecule has 1 aromatic carbocycles. The Labute approximate surface area is 128 Å². The Morgan fingerprint density at radius 3 is 2.48 bits per heavy atom. The van der Waals surface area contributed by atoms with Crippen molar-refractivity contribution < 1.29 is 27.8 Å². The van der Waals surface area contributed by atoms with Crippen molar-refractivity contribution in [3.05, 3.63) is 22.7 Å². The van der Waals surface area contributed by atoms with E-state index in [2.05, 4.69) is 0 Å². The number of benzene rings is 1. The quantitative estimate of drug-likeness (QED) is 0.821. The number of methoxy groups -OCH3 is 1. The highest BCUT2D eigenvalue weighted by Gasteiger charge is 2.19. The van der Waals surface area contributed by atoms with E-state index in [9.17, 15) is 13.2 Å². The molecule has 0 bridgehead atoms. The van der Waals surface area contributed by atoms with E-state index in [-0.39, 0.29) is 34.4 Å². The highest BCUT2D eigenvalue weighted by Crippen LogP contribution is 2.36. The maximum atomic E-state index is 11.7. The Kier molecular flexibility index (Phi) is 5.86. The number of carbonyl (C=O) groups is 1. The Morgan fingerprint density at radius 1 is 1.38 bits per heavy atom. The Bertz CT molecular complexity index is 624. The van der Waals surface area contributed by atoms with Gasteiger partial charge in [0.1, 0.15) is 6.61 Å². The lowest BCUT2D eigenvalue weighted by Crippen LogP contribution is -2.22. The van der Waals surface area contributed by atoms with Crippen LogP contribution in [0.4, 0.5) is 0 Å². The molecule has 0 unspecified atom stereocenters. The molecule has 0 atom stereocenters. The normalized spacial score (nSPS) is 11.5. The maximum Gasteiger partial charge on any atom is 0.335 e. The number of aromatic carboxylic acids is 1. The molecule has 0 fully saturated rings. The second kappa shape index (κ2) is 7.00. The zero-order chi connectivity index (χ0) is 16.2. The summed E-state index contributed by atoms with van der Waals surface area (Å²) in [6, 6.07) is 2.49. The van der Waals surface area contributed by atoms with Gasteiger partial charge in [0.2, 0.25) is 0 Å². The van der Waals surface area contributed by atoms with Crippen LogP contribution in [0.25, 0.3) is 0 Å². The fraction of sp³-hybridized carbons (Fsp3) is 0.462. The van der Waals surface area contributed by atoms with Crippen LogP contribution >= 0.6 is 11.6 Å². The Balaban J connectivity index is 2.92. The summed E-state index contributed by atoms with van der Waals surface area (Å²) < 4.78 is 33.7. The lowest BCUT2D eigenvalue weighted by atomic mass is 10.2. The molecule has 0 saturated carbocycles. The minimum Gasteiger partial charge on any atom is -0.493 e. The first-order valence-electron chi connectivity index (χ1n) is 6.14. The van der Waals surface area contributed by atoms with Crippen LogP contribution in [0, 0.1) is 0 Å². The molecule has 0 spiro atoms. The van der Waals surface area contributed by atoms with Crippen LogP contribution in [0.1, 0.15) is 24.2 Å². The van der Waals surface area contributed by atoms with Crippen LogP contribution in [0.15, 0.2) is 12.1 Å². The number of hydrogen-bond donors (Lipinski definition) is 1. The van der Waals surface area contributed by atoms with Crippen molar-refractivity contribution in [2.24, 2.45) is 0 Å². The minimum atomic E-state index is -3.23. The monoisotopic (exact) mass is 336 g/mol. The number of carboxylic acid groups (broad SMARTS) is 1. The highest BCUT2D eigenvalue weighted by molar-refractivity contribution is 7.91. The fourth-order valence-corrected chi connectivity index (χ4v) is 2.53. The highest BCUT2D eigenvalue weighted by atomic mass is 35.5. The van der Waals surface area contributed by atoms with E-state index in [4.69, 9.17) is 26.2 Å². The SMILES string of the molecule is COc1cc(C(=O)O)cc(Cl)c1OCCS(=O)(=O)C(C)C. The van der Waals surface area contributed by atoms with E-state index in [0.29, 0.717) is 0 Å². The van der Waals surface area contributed by atoms with Gasteiger partial charge in [-0.15, -0.1) is 0 Å². The van der Waals surface area contributed by atoms with Gasteiger partial charge in [-0.25, -0.2) is 13.2 Å². The molecule has 1 aromatic rings. The molecule has 0 amide bonds. The molecule has 0 radical (unpaired) electrons. The van der Waals surface area contributed by atoms with Crippen molar-refractivity contribution in [1.29, 1.82) is 0 Å². The Morgan fingerprint density at radius 2 is 2.00 bits per heavy atom. The molecular weight excluding hydrogens is 320 g/mol. The summed E-state index contributed by atoms with van der Waals surface area (Å²) in [4.78, 5) is 10.9. The summed E-state index contributed by atoms with van der Waals surface area (Å²) in [5, 5.41) is 8.49. The van der Waals surface area contributed by atoms with E-state index < -0.39 is 21.1 Å². The van der Waals surface area contributed by atoms with Crippen LogP contribution in [-0.2, 0) is 9.84 Å². The van der Waals surface area contributed by atoms with Gasteiger partial charge < -0.3 is 14.6 Å². The largest absolute Gasteiger partial charge is 0.493 e. The van der Waals surface area contributed by atoms with Gasteiger partial charge in [-0.3, -0.25) is 0 Å². The number of rotatable bonds is 7. The lowest BCUT2D eigenvalue weighted by Gasteiger charge is -2.14. The number of hydrogen-bond acceptors (Lipinski definition) is 5. The molecule has 0 aliphatic rings. The second-order valence-electron chi connectivity index (χ2n) is 4.56. The molecule has 0 aliphatic heterocycles. The van der Waals surface area contributed by atoms with Crippen LogP contribution < -0.4 is 9.47 Å². The van der Waals surface area contributed by atoms with Gasteiger partial charge in [-0.1, -0.05) is 11.6 Å². The molecule has 0 heterocycles. The molecular formula is C13H17ClO6S. The number of ether oxygens (including phenoxy) is 2. The average molecular weight is 337 g/mol. The van der Waals surface area contributed by atoms with Crippen LogP contribution in [0.5, 0.6) is 11.5 Å². The zero-order valence-corrected chi connectivity index (χ0v) is 13.5. The summed E-state index contributed by atoms with van der Waals surface area (Å²) >= 11 is 5.95. The third-order valence-electron chi connectivity index (χ3n) is 2.81. The van der Waals surface area contributed by atoms with Crippen LogP contribution in [-0.4, -0.2) is 44.2 Å². The number of sulfone groups is 1. The Hall–Kier alpha value is -1.47. The van der Waals surface area contributed by atoms with Crippen LogP contribution in [0.3, 0.4) is 0 Å². The first-order chi connectivity index (χ1) is 9.69. The van der Waals surface area contributed by atoms with Crippen molar-refractivity contribution in [2.45, 2.75) is 19.1 Å². The van der Waals surface area contributed by atoms with Crippen LogP contribution in [0.2, 0.25) is 5.02 Å². The topological polar surface area (TPSA) is 89.9 Å². The minimum absolute atomic E-state index is 0.0426. The standard InChI is InChI=1S/C13H17ClO6S/c1-8(2)21(17,18)5-4-20-12-10(14)6-9(13(15)16)7-11(12)19-3/h6-8H,4-5H2,1-3H3,(H,15,16). The summed E-state index contributed by atoms with van der Waals surface area (Å²) in [5.74, 6) is -1.04. The van der Waals surface area contributed by atoms with E-state index >= 15 is 0 Å². The summed E-state index contributed by atoms with van der Waals surface area (Å²) in [7, 11) is -1.88. The van der Waals surface area contributed by atoms with Crippen molar-refractivity contribution in [2.75, 3.05) is 19.5 Å². The van der Waals surface area contributed by atoms with E-state index in [0.717, 1.165) is 0 Å². The molecule has 0 saturated heterocycles. The summed E-state index contributed by atoms with van der Waals surface area (Å²) in [5.41, 5.74) is -0.0426. The molecule has 118 valence electrons. The first-order valence-corrected chi connectivity index (χ1v) is 8.23. The number of carboxylic acids is 1. The average Bonchev–Trinajstić information content (AvgIpc) is 2.39. The number of halogens is 1. The zero-order valence-electron chi connectivity index (χ0n) is 11.9. The first kappa shape index (κ1) is 17.6. The van der Waals surface area contributed by atoms with Gasteiger partial charge in [0.05, 0.1) is 28.7 Å². The van der Waals surface area contributed by atoms with Crippen molar-refractivity contribution in [3.63, 3.8) is 0 Å². The third kappa shape index (κ3) is 4.50. The third-order valence-corrected chi connectivity index (χ3v) is 5.26. The van der Waals surface area contributed by atoms with Gasteiger partial charge >= 0.3 is 5.97 Å². The molecule has 1 rings (SSSR count). The fourth-order valence-electron chi connectivity index (χ4n) is 1.48. The van der Waals surface area contributed by atoms with Gasteiger partial charge in [-0.2, -0.15) is 0 Å². The lowest BCUT2D eigenvalue weighted by molar-refractivity contribution is 0.0696. The van der Waals surface area contributed by atoms with Crippen molar-refractivity contribution in [1.82, 2.24) is 0 Å². The molecule has 0 aromatic heterocycles. The molecule has 8 heteroatoms. The molecule has 21 heavy (non-hydrogen) atoms. The van der Waals surface area contributed by atoms with Gasteiger partial charge in [0.25, 0.3) is 0 Å². The van der Waals surface area contributed by atoms with Gasteiger partial charge in [-0.05, 0) is 26.0 Å². The molecule has 1 N–H and O–H groups in total. The maximum absolute atomic E-state index is 11.7. The molecule has 6 nitrogen and oxygen atoms in total. The van der Waals surface area contributed by atoms with E-state index in [1.807, 2.05) is 0 Å². The predicted molar refractivity (Wildman–Crippen MR) is 79.4 cm³/mol. The second-order valence-corrected chi connectivity index (χ2v) is 7.64. The van der Waals surface area contributed by atoms with Crippen molar-refractivity contribution in [3.8, 4) is 11.5 Å².